The topological polar surface area (TPSA) is 160 Å². The third-order valence-corrected chi connectivity index (χ3v) is 6.49. The minimum atomic E-state index is -0.790. The van der Waals surface area contributed by atoms with E-state index in [1.54, 1.807) is 35.1 Å². The number of hydrogen-bond acceptors (Lipinski definition) is 9. The third-order valence-electron chi connectivity index (χ3n) is 6.49. The van der Waals surface area contributed by atoms with Crippen LogP contribution < -0.4 is 5.73 Å². The normalized spacial score (nSPS) is 16.4. The first-order valence-corrected chi connectivity index (χ1v) is 11.9. The Hall–Kier alpha value is -4.69. The minimum Gasteiger partial charge on any atom is -0.480 e. The Morgan fingerprint density at radius 2 is 1.97 bits per heavy atom. The molecule has 37 heavy (non-hydrogen) atoms. The predicted octanol–water partition coefficient (Wildman–Crippen LogP) is 2.91. The summed E-state index contributed by atoms with van der Waals surface area (Å²) < 4.78 is 1.66. The van der Waals surface area contributed by atoms with Gasteiger partial charge in [-0.2, -0.15) is 5.26 Å². The van der Waals surface area contributed by atoms with Crippen molar-refractivity contribution in [3.05, 3.63) is 71.7 Å². The van der Waals surface area contributed by atoms with Gasteiger partial charge in [0.1, 0.15) is 11.7 Å². The van der Waals surface area contributed by atoms with Crippen molar-refractivity contribution in [1.29, 1.82) is 5.26 Å². The van der Waals surface area contributed by atoms with Crippen LogP contribution in [0.25, 0.3) is 22.6 Å². The number of nitrogen functional groups attached to an aromatic ring is 1. The molecule has 1 aliphatic heterocycles. The van der Waals surface area contributed by atoms with E-state index in [9.17, 15) is 15.2 Å². The van der Waals surface area contributed by atoms with Gasteiger partial charge in [0.15, 0.2) is 0 Å². The van der Waals surface area contributed by atoms with Crippen molar-refractivity contribution < 1.29 is 9.90 Å². The highest BCUT2D eigenvalue weighted by Gasteiger charge is 2.34. The van der Waals surface area contributed by atoms with Crippen LogP contribution in [-0.4, -0.2) is 58.5 Å². The summed E-state index contributed by atoms with van der Waals surface area (Å²) in [6, 6.07) is 16.1. The fourth-order valence-corrected chi connectivity index (χ4v) is 4.66. The number of aromatic nitrogens is 6. The van der Waals surface area contributed by atoms with Crippen LogP contribution in [0.4, 0.5) is 5.95 Å². The molecule has 0 amide bonds. The maximum atomic E-state index is 11.6. The van der Waals surface area contributed by atoms with E-state index >= 15 is 0 Å². The lowest BCUT2D eigenvalue weighted by atomic mass is 10.1. The average molecular weight is 496 g/mol. The van der Waals surface area contributed by atoms with Crippen LogP contribution in [0.1, 0.15) is 42.8 Å². The van der Waals surface area contributed by atoms with Gasteiger partial charge in [0.05, 0.1) is 53.2 Å². The van der Waals surface area contributed by atoms with Gasteiger partial charge in [-0.3, -0.25) is 14.7 Å². The third kappa shape index (κ3) is 5.14. The van der Waals surface area contributed by atoms with E-state index < -0.39 is 12.0 Å². The number of likely N-dealkylation sites (tertiary alicyclic amines) is 1. The van der Waals surface area contributed by atoms with Crippen LogP contribution >= 0.6 is 0 Å². The van der Waals surface area contributed by atoms with Crippen LogP contribution in [0.2, 0.25) is 0 Å². The van der Waals surface area contributed by atoms with E-state index in [1.807, 2.05) is 36.1 Å². The van der Waals surface area contributed by atoms with E-state index in [4.69, 9.17) is 10.7 Å². The average Bonchev–Trinajstić information content (AvgIpc) is 3.58. The molecule has 3 N–H and O–H groups in total. The second kappa shape index (κ2) is 10.1. The SMILES string of the molecule is CC(c1cccc(Cn2cc(-c3cc(-c4cccc(C#N)c4)nc(N)n3)nn2)n1)N1CCC[C@@H]1C(=O)O. The number of carbonyl (C=O) groups is 1. The molecule has 3 aromatic heterocycles. The number of aliphatic carboxylic acids is 1. The fourth-order valence-electron chi connectivity index (χ4n) is 4.66. The molecule has 0 saturated carbocycles. The first kappa shape index (κ1) is 24.0. The summed E-state index contributed by atoms with van der Waals surface area (Å²) in [4.78, 5) is 27.0. The molecule has 0 bridgehead atoms. The van der Waals surface area contributed by atoms with Crippen molar-refractivity contribution in [2.75, 3.05) is 12.3 Å². The molecule has 11 heteroatoms. The highest BCUT2D eigenvalue weighted by atomic mass is 16.4. The van der Waals surface area contributed by atoms with Gasteiger partial charge in [0, 0.05) is 5.56 Å². The number of benzene rings is 1. The van der Waals surface area contributed by atoms with E-state index in [0.29, 0.717) is 35.6 Å². The second-order valence-corrected chi connectivity index (χ2v) is 8.95. The Bertz CT molecular complexity index is 1490. The van der Waals surface area contributed by atoms with Gasteiger partial charge in [0.2, 0.25) is 5.95 Å². The lowest BCUT2D eigenvalue weighted by Crippen LogP contribution is -2.38. The van der Waals surface area contributed by atoms with Crippen LogP contribution in [0.15, 0.2) is 54.7 Å². The van der Waals surface area contributed by atoms with Crippen molar-refractivity contribution in [3.63, 3.8) is 0 Å². The Morgan fingerprint density at radius 1 is 1.16 bits per heavy atom. The molecule has 0 aliphatic carbocycles. The number of nitriles is 1. The molecule has 186 valence electrons. The molecule has 2 atom stereocenters. The molecule has 1 aromatic carbocycles. The monoisotopic (exact) mass is 495 g/mol. The molecule has 4 aromatic rings. The highest BCUT2D eigenvalue weighted by molar-refractivity contribution is 5.74. The smallest absolute Gasteiger partial charge is 0.320 e. The van der Waals surface area contributed by atoms with E-state index in [-0.39, 0.29) is 12.0 Å². The Labute approximate surface area is 213 Å². The summed E-state index contributed by atoms with van der Waals surface area (Å²) in [6.07, 6.45) is 3.28. The second-order valence-electron chi connectivity index (χ2n) is 8.95. The van der Waals surface area contributed by atoms with Crippen molar-refractivity contribution >= 4 is 11.9 Å². The lowest BCUT2D eigenvalue weighted by Gasteiger charge is -2.28. The molecular weight excluding hydrogens is 470 g/mol. The molecule has 1 fully saturated rings. The Kier molecular flexibility index (Phi) is 6.57. The first-order chi connectivity index (χ1) is 17.9. The summed E-state index contributed by atoms with van der Waals surface area (Å²) in [5.74, 6) is -0.698. The van der Waals surface area contributed by atoms with E-state index in [1.165, 1.54) is 0 Å². The lowest BCUT2D eigenvalue weighted by molar-refractivity contribution is -0.142. The van der Waals surface area contributed by atoms with Crippen LogP contribution in [0.3, 0.4) is 0 Å². The van der Waals surface area contributed by atoms with Crippen LogP contribution in [-0.2, 0) is 11.3 Å². The summed E-state index contributed by atoms with van der Waals surface area (Å²) in [5, 5.41) is 27.2. The van der Waals surface area contributed by atoms with Crippen LogP contribution in [0, 0.1) is 11.3 Å². The summed E-state index contributed by atoms with van der Waals surface area (Å²) in [5.41, 5.74) is 10.5. The molecular formula is C26H25N9O2. The predicted molar refractivity (Wildman–Crippen MR) is 135 cm³/mol. The van der Waals surface area contributed by atoms with Crippen molar-refractivity contribution in [1.82, 2.24) is 34.8 Å². The standard InChI is InChI=1S/C26H25N9O2/c1-16(35-10-4-9-24(35)25(36)37)20-8-3-7-19(29-20)14-34-15-23(32-33-34)22-12-21(30-26(28)31-22)18-6-2-5-17(11-18)13-27/h2-3,5-8,11-12,15-16,24H,4,9-10,14H2,1H3,(H,36,37)(H2,28,30,31)/t16?,24-/m1/s1. The summed E-state index contributed by atoms with van der Waals surface area (Å²) >= 11 is 0. The molecule has 0 radical (unpaired) electrons. The van der Waals surface area contributed by atoms with Crippen molar-refractivity contribution in [2.45, 2.75) is 38.4 Å². The largest absolute Gasteiger partial charge is 0.480 e. The van der Waals surface area contributed by atoms with Gasteiger partial charge >= 0.3 is 5.97 Å². The van der Waals surface area contributed by atoms with Crippen molar-refractivity contribution in [3.8, 4) is 28.7 Å². The molecule has 11 nitrogen and oxygen atoms in total. The zero-order valence-electron chi connectivity index (χ0n) is 20.2. The molecule has 5 rings (SSSR count). The zero-order chi connectivity index (χ0) is 25.9. The quantitative estimate of drug-likeness (QED) is 0.390. The van der Waals surface area contributed by atoms with Gasteiger partial charge < -0.3 is 10.8 Å². The molecule has 1 aliphatic rings. The molecule has 1 unspecified atom stereocenters. The fraction of sp³-hybridized carbons (Fsp3) is 0.269. The van der Waals surface area contributed by atoms with Gasteiger partial charge in [-0.15, -0.1) is 5.10 Å². The van der Waals surface area contributed by atoms with Gasteiger partial charge in [-0.1, -0.05) is 23.4 Å². The first-order valence-electron chi connectivity index (χ1n) is 11.9. The number of carboxylic acids is 1. The summed E-state index contributed by atoms with van der Waals surface area (Å²) in [6.45, 7) is 3.11. The van der Waals surface area contributed by atoms with Crippen LogP contribution in [0.5, 0.6) is 0 Å². The zero-order valence-corrected chi connectivity index (χ0v) is 20.2. The number of carboxylic acid groups (broad SMARTS) is 1. The van der Waals surface area contributed by atoms with E-state index in [0.717, 1.165) is 29.9 Å². The summed E-state index contributed by atoms with van der Waals surface area (Å²) in [7, 11) is 0. The molecule has 0 spiro atoms. The maximum absolute atomic E-state index is 11.6. The maximum Gasteiger partial charge on any atom is 0.320 e. The Morgan fingerprint density at radius 3 is 2.78 bits per heavy atom. The number of anilines is 1. The van der Waals surface area contributed by atoms with Gasteiger partial charge in [-0.05, 0) is 56.6 Å². The number of hydrogen-bond donors (Lipinski definition) is 2. The van der Waals surface area contributed by atoms with Gasteiger partial charge in [0.25, 0.3) is 0 Å². The molecule has 1 saturated heterocycles. The number of nitrogens with two attached hydrogens (primary N) is 1. The highest BCUT2D eigenvalue weighted by Crippen LogP contribution is 2.29. The number of rotatable bonds is 7. The molecule has 4 heterocycles. The number of pyridine rings is 1. The Balaban J connectivity index is 1.36. The number of nitrogens with zero attached hydrogens (tertiary/aromatic N) is 8. The van der Waals surface area contributed by atoms with E-state index in [2.05, 4.69) is 26.3 Å². The van der Waals surface area contributed by atoms with Crippen molar-refractivity contribution in [2.24, 2.45) is 0 Å². The minimum absolute atomic E-state index is 0.0920. The van der Waals surface area contributed by atoms with Gasteiger partial charge in [-0.25, -0.2) is 14.6 Å².